The highest BCUT2D eigenvalue weighted by atomic mass is 79.9. The van der Waals surface area contributed by atoms with E-state index >= 15 is 0 Å². The summed E-state index contributed by atoms with van der Waals surface area (Å²) in [7, 11) is 0. The molecule has 0 aliphatic heterocycles. The van der Waals surface area contributed by atoms with Crippen LogP contribution in [0.3, 0.4) is 0 Å². The fourth-order valence-electron chi connectivity index (χ4n) is 2.02. The first-order valence-electron chi connectivity index (χ1n) is 7.03. The Morgan fingerprint density at radius 1 is 1.05 bits per heavy atom. The smallest absolute Gasteiger partial charge is 0.141 e. The van der Waals surface area contributed by atoms with Crippen LogP contribution in [0.5, 0.6) is 11.5 Å². The van der Waals surface area contributed by atoms with Crippen molar-refractivity contribution < 1.29 is 4.74 Å². The fraction of sp³-hybridized carbons (Fsp3) is 0.294. The minimum absolute atomic E-state index is 0.818. The quantitative estimate of drug-likeness (QED) is 0.604. The molecular weight excluding hydrogens is 394 g/mol. The molecule has 21 heavy (non-hydrogen) atoms. The number of ether oxygens (including phenoxy) is 1. The molecule has 0 unspecified atom stereocenters. The summed E-state index contributed by atoms with van der Waals surface area (Å²) in [6.45, 7) is 6.19. The number of rotatable bonds is 6. The lowest BCUT2D eigenvalue weighted by atomic mass is 10.1. The summed E-state index contributed by atoms with van der Waals surface area (Å²) in [5, 5.41) is 3.41. The van der Waals surface area contributed by atoms with Gasteiger partial charge in [-0.2, -0.15) is 0 Å². The van der Waals surface area contributed by atoms with Crippen LogP contribution in [0.4, 0.5) is 0 Å². The average molecular weight is 413 g/mol. The van der Waals surface area contributed by atoms with Crippen LogP contribution in [0.2, 0.25) is 0 Å². The summed E-state index contributed by atoms with van der Waals surface area (Å²) in [5.74, 6) is 1.70. The van der Waals surface area contributed by atoms with Gasteiger partial charge in [-0.05, 0) is 71.2 Å². The standard InChI is InChI=1S/C17H19Br2NO/c1-3-8-20-11-13-4-6-16(12(2)9-13)21-17-7-5-14(18)10-15(17)19/h4-7,9-10,20H,3,8,11H2,1-2H3. The lowest BCUT2D eigenvalue weighted by Crippen LogP contribution is -2.13. The Kier molecular flexibility index (Phi) is 6.27. The SMILES string of the molecule is CCCNCc1ccc(Oc2ccc(Br)cc2Br)c(C)c1. The number of benzene rings is 2. The highest BCUT2D eigenvalue weighted by Gasteiger charge is 2.06. The molecule has 0 saturated heterocycles. The number of hydrogen-bond donors (Lipinski definition) is 1. The lowest BCUT2D eigenvalue weighted by molar-refractivity contribution is 0.475. The summed E-state index contributed by atoms with van der Waals surface area (Å²) < 4.78 is 7.95. The number of aryl methyl sites for hydroxylation is 1. The van der Waals surface area contributed by atoms with Crippen molar-refractivity contribution in [2.24, 2.45) is 0 Å². The molecule has 0 radical (unpaired) electrons. The van der Waals surface area contributed by atoms with E-state index < -0.39 is 0 Å². The zero-order chi connectivity index (χ0) is 15.2. The summed E-state index contributed by atoms with van der Waals surface area (Å²) in [6, 6.07) is 12.2. The molecule has 2 aromatic rings. The molecule has 1 N–H and O–H groups in total. The Morgan fingerprint density at radius 3 is 2.48 bits per heavy atom. The van der Waals surface area contributed by atoms with Gasteiger partial charge in [0.05, 0.1) is 4.47 Å². The zero-order valence-electron chi connectivity index (χ0n) is 12.2. The third-order valence-electron chi connectivity index (χ3n) is 3.11. The second kappa shape index (κ2) is 7.97. The van der Waals surface area contributed by atoms with E-state index in [0.29, 0.717) is 0 Å². The molecule has 0 saturated carbocycles. The van der Waals surface area contributed by atoms with Crippen LogP contribution < -0.4 is 10.1 Å². The maximum Gasteiger partial charge on any atom is 0.141 e. The van der Waals surface area contributed by atoms with Crippen molar-refractivity contribution in [1.29, 1.82) is 0 Å². The largest absolute Gasteiger partial charge is 0.456 e. The second-order valence-corrected chi connectivity index (χ2v) is 6.72. The van der Waals surface area contributed by atoms with Crippen LogP contribution in [0.25, 0.3) is 0 Å². The Bertz CT molecular complexity index is 614. The average Bonchev–Trinajstić information content (AvgIpc) is 2.44. The molecule has 4 heteroatoms. The van der Waals surface area contributed by atoms with E-state index in [9.17, 15) is 0 Å². The van der Waals surface area contributed by atoms with Gasteiger partial charge in [-0.1, -0.05) is 35.0 Å². The molecule has 0 amide bonds. The molecule has 0 spiro atoms. The maximum absolute atomic E-state index is 5.99. The van der Waals surface area contributed by atoms with Gasteiger partial charge in [0.2, 0.25) is 0 Å². The van der Waals surface area contributed by atoms with Crippen molar-refractivity contribution in [2.75, 3.05) is 6.54 Å². The van der Waals surface area contributed by atoms with E-state index in [1.54, 1.807) is 0 Å². The van der Waals surface area contributed by atoms with E-state index in [0.717, 1.165) is 45.5 Å². The van der Waals surface area contributed by atoms with Gasteiger partial charge in [-0.3, -0.25) is 0 Å². The molecule has 112 valence electrons. The van der Waals surface area contributed by atoms with Gasteiger partial charge in [0.25, 0.3) is 0 Å². The van der Waals surface area contributed by atoms with Crippen LogP contribution in [0, 0.1) is 6.92 Å². The van der Waals surface area contributed by atoms with Gasteiger partial charge in [-0.15, -0.1) is 0 Å². The van der Waals surface area contributed by atoms with Crippen LogP contribution in [0.15, 0.2) is 45.3 Å². The predicted octanol–water partition coefficient (Wildman–Crippen LogP) is 5.81. The van der Waals surface area contributed by atoms with E-state index in [-0.39, 0.29) is 0 Å². The first kappa shape index (κ1) is 16.5. The van der Waals surface area contributed by atoms with Crippen LogP contribution in [0.1, 0.15) is 24.5 Å². The molecule has 0 aliphatic rings. The fourth-order valence-corrected chi connectivity index (χ4v) is 3.15. The first-order valence-corrected chi connectivity index (χ1v) is 8.62. The Labute approximate surface area is 143 Å². The van der Waals surface area contributed by atoms with Crippen molar-refractivity contribution in [2.45, 2.75) is 26.8 Å². The molecule has 0 fully saturated rings. The van der Waals surface area contributed by atoms with Crippen LogP contribution >= 0.6 is 31.9 Å². The van der Waals surface area contributed by atoms with E-state index in [2.05, 4.69) is 63.2 Å². The van der Waals surface area contributed by atoms with E-state index in [1.807, 2.05) is 24.3 Å². The molecule has 0 atom stereocenters. The third-order valence-corrected chi connectivity index (χ3v) is 4.22. The lowest BCUT2D eigenvalue weighted by Gasteiger charge is -2.12. The topological polar surface area (TPSA) is 21.3 Å². The Morgan fingerprint density at radius 2 is 1.81 bits per heavy atom. The van der Waals surface area contributed by atoms with Gasteiger partial charge < -0.3 is 10.1 Å². The summed E-state index contributed by atoms with van der Waals surface area (Å²) in [6.07, 6.45) is 1.15. The number of halogens is 2. The Hall–Kier alpha value is -0.840. The summed E-state index contributed by atoms with van der Waals surface area (Å²) in [4.78, 5) is 0. The molecular formula is C17H19Br2NO. The molecule has 0 aromatic heterocycles. The zero-order valence-corrected chi connectivity index (χ0v) is 15.4. The van der Waals surface area contributed by atoms with Gasteiger partial charge in [0, 0.05) is 11.0 Å². The third kappa shape index (κ3) is 4.83. The highest BCUT2D eigenvalue weighted by molar-refractivity contribution is 9.11. The summed E-state index contributed by atoms with van der Waals surface area (Å²) >= 11 is 6.96. The molecule has 0 aliphatic carbocycles. The van der Waals surface area contributed by atoms with Crippen LogP contribution in [-0.4, -0.2) is 6.54 Å². The van der Waals surface area contributed by atoms with Gasteiger partial charge in [-0.25, -0.2) is 0 Å². The van der Waals surface area contributed by atoms with E-state index in [4.69, 9.17) is 4.74 Å². The minimum Gasteiger partial charge on any atom is -0.456 e. The van der Waals surface area contributed by atoms with E-state index in [1.165, 1.54) is 5.56 Å². The number of nitrogens with one attached hydrogen (secondary N) is 1. The van der Waals surface area contributed by atoms with Gasteiger partial charge in [0.15, 0.2) is 0 Å². The van der Waals surface area contributed by atoms with Crippen LogP contribution in [-0.2, 0) is 6.54 Å². The first-order chi connectivity index (χ1) is 10.1. The van der Waals surface area contributed by atoms with Crippen molar-refractivity contribution in [3.05, 3.63) is 56.5 Å². The van der Waals surface area contributed by atoms with Crippen molar-refractivity contribution in [1.82, 2.24) is 5.32 Å². The normalized spacial score (nSPS) is 10.7. The second-order valence-electron chi connectivity index (χ2n) is 4.95. The molecule has 2 nitrogen and oxygen atoms in total. The molecule has 2 rings (SSSR count). The minimum atomic E-state index is 0.818. The summed E-state index contributed by atoms with van der Waals surface area (Å²) in [5.41, 5.74) is 2.42. The van der Waals surface area contributed by atoms with Crippen molar-refractivity contribution in [3.8, 4) is 11.5 Å². The van der Waals surface area contributed by atoms with Gasteiger partial charge in [0.1, 0.15) is 11.5 Å². The molecule has 0 heterocycles. The van der Waals surface area contributed by atoms with Crippen molar-refractivity contribution in [3.63, 3.8) is 0 Å². The predicted molar refractivity (Wildman–Crippen MR) is 95.1 cm³/mol. The Balaban J connectivity index is 2.10. The highest BCUT2D eigenvalue weighted by Crippen LogP contribution is 2.33. The molecule has 0 bridgehead atoms. The number of hydrogen-bond acceptors (Lipinski definition) is 2. The monoisotopic (exact) mass is 411 g/mol. The maximum atomic E-state index is 5.99. The van der Waals surface area contributed by atoms with Crippen molar-refractivity contribution >= 4 is 31.9 Å². The molecule has 2 aromatic carbocycles. The van der Waals surface area contributed by atoms with Gasteiger partial charge >= 0.3 is 0 Å².